The first-order valence-corrected chi connectivity index (χ1v) is 11.2. The van der Waals surface area contributed by atoms with E-state index in [0.29, 0.717) is 32.1 Å². The van der Waals surface area contributed by atoms with Gasteiger partial charge in [0.05, 0.1) is 25.4 Å². The molecule has 0 bridgehead atoms. The highest BCUT2D eigenvalue weighted by Gasteiger charge is 2.41. The average Bonchev–Trinajstić information content (AvgIpc) is 2.97. The molecule has 1 aliphatic heterocycles. The monoisotopic (exact) mass is 426 g/mol. The summed E-state index contributed by atoms with van der Waals surface area (Å²) in [5.74, 6) is -2.02. The molecule has 2 aliphatic rings. The van der Waals surface area contributed by atoms with Crippen LogP contribution >= 0.6 is 0 Å². The number of aliphatic hydroxyl groups is 3. The molecule has 0 aromatic heterocycles. The van der Waals surface area contributed by atoms with Crippen molar-refractivity contribution in [3.05, 3.63) is 24.3 Å². The van der Waals surface area contributed by atoms with Crippen molar-refractivity contribution >= 4 is 5.97 Å². The number of unbranched alkanes of at least 4 members (excludes halogenated alkanes) is 3. The standard InChI is InChI=1S/C23H38O7/c1-2-3-8-12-23(29-15-17(24)16-30-23)13-11-19-18(20(25)14-21(19)26)9-6-4-5-7-10-22(27)28/h4,6,11,13,17-21,24-26H,2-3,5,7-10,12,14-16H2,1H3,(H,27,28)/b6-4-,13-11+/t17?,18-,19-,20+,21-,23?/m1/s1. The minimum absolute atomic E-state index is 0.117. The van der Waals surface area contributed by atoms with Gasteiger partial charge >= 0.3 is 5.97 Å². The van der Waals surface area contributed by atoms with Gasteiger partial charge in [0, 0.05) is 25.2 Å². The van der Waals surface area contributed by atoms with E-state index < -0.39 is 30.1 Å². The van der Waals surface area contributed by atoms with Crippen LogP contribution in [0.3, 0.4) is 0 Å². The van der Waals surface area contributed by atoms with Crippen molar-refractivity contribution in [2.75, 3.05) is 13.2 Å². The SMILES string of the molecule is CCCCCC1(/C=C/[C@@H]2[C@@H](C/C=C\CCCC(=O)O)[C@@H](O)C[C@H]2O)OCC(O)CO1. The van der Waals surface area contributed by atoms with Crippen LogP contribution in [0.15, 0.2) is 24.3 Å². The van der Waals surface area contributed by atoms with Crippen LogP contribution in [0.1, 0.15) is 64.7 Å². The topological polar surface area (TPSA) is 116 Å². The first-order chi connectivity index (χ1) is 14.4. The van der Waals surface area contributed by atoms with Crippen LogP contribution in [0.2, 0.25) is 0 Å². The summed E-state index contributed by atoms with van der Waals surface area (Å²) in [5, 5.41) is 39.3. The molecule has 0 radical (unpaired) electrons. The van der Waals surface area contributed by atoms with Crippen molar-refractivity contribution in [1.29, 1.82) is 0 Å². The first-order valence-electron chi connectivity index (χ1n) is 11.2. The van der Waals surface area contributed by atoms with Gasteiger partial charge in [0.1, 0.15) is 6.10 Å². The van der Waals surface area contributed by atoms with Gasteiger partial charge in [-0.2, -0.15) is 0 Å². The molecule has 0 aromatic rings. The summed E-state index contributed by atoms with van der Waals surface area (Å²) in [6.07, 6.45) is 12.0. The van der Waals surface area contributed by atoms with Crippen molar-refractivity contribution in [3.8, 4) is 0 Å². The lowest BCUT2D eigenvalue weighted by Crippen LogP contribution is -2.45. The van der Waals surface area contributed by atoms with Gasteiger partial charge in [-0.1, -0.05) is 38.0 Å². The van der Waals surface area contributed by atoms with Gasteiger partial charge in [0.25, 0.3) is 0 Å². The number of aliphatic carboxylic acids is 1. The van der Waals surface area contributed by atoms with Crippen molar-refractivity contribution in [1.82, 2.24) is 0 Å². The van der Waals surface area contributed by atoms with Crippen LogP contribution in [0.4, 0.5) is 0 Å². The predicted octanol–water partition coefficient (Wildman–Crippen LogP) is 2.79. The zero-order valence-electron chi connectivity index (χ0n) is 18.0. The van der Waals surface area contributed by atoms with E-state index in [1.807, 2.05) is 24.3 Å². The largest absolute Gasteiger partial charge is 0.481 e. The van der Waals surface area contributed by atoms with E-state index in [0.717, 1.165) is 19.3 Å². The van der Waals surface area contributed by atoms with E-state index in [-0.39, 0.29) is 31.5 Å². The molecule has 0 aromatic carbocycles. The Morgan fingerprint density at radius 1 is 1.07 bits per heavy atom. The van der Waals surface area contributed by atoms with Crippen molar-refractivity contribution in [2.45, 2.75) is 88.8 Å². The Labute approximate surface area is 179 Å². The number of carboxylic acid groups (broad SMARTS) is 1. The summed E-state index contributed by atoms with van der Waals surface area (Å²) in [5.41, 5.74) is 0. The number of aliphatic hydroxyl groups excluding tert-OH is 3. The minimum Gasteiger partial charge on any atom is -0.481 e. The van der Waals surface area contributed by atoms with Crippen molar-refractivity contribution in [3.63, 3.8) is 0 Å². The number of allylic oxidation sites excluding steroid dienone is 2. The van der Waals surface area contributed by atoms with Crippen LogP contribution in [-0.4, -0.2) is 63.7 Å². The maximum atomic E-state index is 10.6. The van der Waals surface area contributed by atoms with E-state index in [1.165, 1.54) is 0 Å². The Hall–Kier alpha value is -1.25. The summed E-state index contributed by atoms with van der Waals surface area (Å²) in [6, 6.07) is 0. The molecule has 0 amide bonds. The molecule has 1 heterocycles. The first kappa shape index (κ1) is 25.0. The van der Waals surface area contributed by atoms with Crippen LogP contribution in [0.5, 0.6) is 0 Å². The van der Waals surface area contributed by atoms with Gasteiger partial charge in [-0.15, -0.1) is 0 Å². The van der Waals surface area contributed by atoms with Crippen LogP contribution in [0, 0.1) is 11.8 Å². The average molecular weight is 427 g/mol. The molecule has 0 spiro atoms. The summed E-state index contributed by atoms with van der Waals surface area (Å²) in [4.78, 5) is 10.6. The van der Waals surface area contributed by atoms with Gasteiger partial charge in [-0.05, 0) is 37.7 Å². The van der Waals surface area contributed by atoms with Gasteiger partial charge < -0.3 is 29.9 Å². The maximum Gasteiger partial charge on any atom is 0.303 e. The number of rotatable bonds is 12. The summed E-state index contributed by atoms with van der Waals surface area (Å²) in [7, 11) is 0. The quantitative estimate of drug-likeness (QED) is 0.280. The fraction of sp³-hybridized carbons (Fsp3) is 0.783. The maximum absolute atomic E-state index is 10.6. The molecular formula is C23H38O7. The van der Waals surface area contributed by atoms with Gasteiger partial charge in [0.2, 0.25) is 0 Å². The molecule has 4 atom stereocenters. The fourth-order valence-electron chi connectivity index (χ4n) is 4.22. The smallest absolute Gasteiger partial charge is 0.303 e. The zero-order valence-corrected chi connectivity index (χ0v) is 18.0. The minimum atomic E-state index is -0.890. The molecule has 2 fully saturated rings. The molecule has 30 heavy (non-hydrogen) atoms. The summed E-state index contributed by atoms with van der Waals surface area (Å²) in [6.45, 7) is 2.56. The zero-order chi connectivity index (χ0) is 22.0. The molecule has 1 saturated heterocycles. The van der Waals surface area contributed by atoms with Crippen LogP contribution in [-0.2, 0) is 14.3 Å². The summed E-state index contributed by atoms with van der Waals surface area (Å²) < 4.78 is 11.7. The fourth-order valence-corrected chi connectivity index (χ4v) is 4.22. The normalized spacial score (nSPS) is 34.9. The van der Waals surface area contributed by atoms with Crippen molar-refractivity contribution in [2.24, 2.45) is 11.8 Å². The van der Waals surface area contributed by atoms with E-state index in [9.17, 15) is 20.1 Å². The highest BCUT2D eigenvalue weighted by Crippen LogP contribution is 2.38. The lowest BCUT2D eigenvalue weighted by Gasteiger charge is -2.37. The molecule has 1 aliphatic carbocycles. The lowest BCUT2D eigenvalue weighted by atomic mass is 9.89. The van der Waals surface area contributed by atoms with Gasteiger partial charge in [-0.3, -0.25) is 4.79 Å². The molecule has 2 rings (SSSR count). The van der Waals surface area contributed by atoms with Crippen molar-refractivity contribution < 1.29 is 34.7 Å². The summed E-state index contributed by atoms with van der Waals surface area (Å²) >= 11 is 0. The molecule has 0 unspecified atom stereocenters. The molecule has 172 valence electrons. The number of carboxylic acids is 1. The highest BCUT2D eigenvalue weighted by atomic mass is 16.7. The number of carbonyl (C=O) groups is 1. The molecular weight excluding hydrogens is 388 g/mol. The number of hydrogen-bond donors (Lipinski definition) is 4. The predicted molar refractivity (Wildman–Crippen MR) is 113 cm³/mol. The molecule has 7 heteroatoms. The van der Waals surface area contributed by atoms with E-state index in [1.54, 1.807) is 0 Å². The molecule has 7 nitrogen and oxygen atoms in total. The highest BCUT2D eigenvalue weighted by molar-refractivity contribution is 5.66. The number of hydrogen-bond acceptors (Lipinski definition) is 6. The Bertz CT molecular complexity index is 566. The Morgan fingerprint density at radius 2 is 1.80 bits per heavy atom. The lowest BCUT2D eigenvalue weighted by molar-refractivity contribution is -0.268. The third kappa shape index (κ3) is 7.78. The molecule has 4 N–H and O–H groups in total. The third-order valence-electron chi connectivity index (χ3n) is 5.99. The van der Waals surface area contributed by atoms with Crippen LogP contribution in [0.25, 0.3) is 0 Å². The number of ether oxygens (including phenoxy) is 2. The van der Waals surface area contributed by atoms with E-state index in [2.05, 4.69) is 6.92 Å². The van der Waals surface area contributed by atoms with E-state index in [4.69, 9.17) is 14.6 Å². The second-order valence-electron chi connectivity index (χ2n) is 8.51. The van der Waals surface area contributed by atoms with E-state index >= 15 is 0 Å². The Morgan fingerprint density at radius 3 is 2.47 bits per heavy atom. The Balaban J connectivity index is 1.99. The van der Waals surface area contributed by atoms with Gasteiger partial charge in [-0.25, -0.2) is 0 Å². The Kier molecular flexibility index (Phi) is 10.5. The molecule has 1 saturated carbocycles. The third-order valence-corrected chi connectivity index (χ3v) is 5.99. The van der Waals surface area contributed by atoms with Crippen LogP contribution < -0.4 is 0 Å². The second kappa shape index (κ2) is 12.6. The van der Waals surface area contributed by atoms with Gasteiger partial charge in [0.15, 0.2) is 5.79 Å². The second-order valence-corrected chi connectivity index (χ2v) is 8.51.